The van der Waals surface area contributed by atoms with Crippen LogP contribution in [0.5, 0.6) is 0 Å². The quantitative estimate of drug-likeness (QED) is 0.413. The van der Waals surface area contributed by atoms with Gasteiger partial charge in [0.1, 0.15) is 6.54 Å². The highest BCUT2D eigenvalue weighted by atomic mass is 32.2. The van der Waals surface area contributed by atoms with E-state index >= 15 is 0 Å². The number of rotatable bonds is 9. The topological polar surface area (TPSA) is 155 Å². The van der Waals surface area contributed by atoms with Gasteiger partial charge in [-0.1, -0.05) is 41.7 Å². The number of fused-ring (bicyclic) bond motifs is 1. The van der Waals surface area contributed by atoms with Gasteiger partial charge in [-0.05, 0) is 30.2 Å². The minimum absolute atomic E-state index is 0.0922. The van der Waals surface area contributed by atoms with Gasteiger partial charge < -0.3 is 9.30 Å². The van der Waals surface area contributed by atoms with E-state index in [0.717, 1.165) is 11.3 Å². The first-order valence-corrected chi connectivity index (χ1v) is 14.2. The van der Waals surface area contributed by atoms with Crippen molar-refractivity contribution in [3.63, 3.8) is 0 Å². The minimum Gasteiger partial charge on any atom is -0.468 e. The zero-order valence-corrected chi connectivity index (χ0v) is 20.7. The Kier molecular flexibility index (Phi) is 8.02. The van der Waals surface area contributed by atoms with Crippen LogP contribution in [0.4, 0.5) is 0 Å². The number of carbonyl (C=O) groups is 2. The summed E-state index contributed by atoms with van der Waals surface area (Å²) in [4.78, 5) is 28.4. The summed E-state index contributed by atoms with van der Waals surface area (Å²) >= 11 is 1.01. The monoisotopic (exact) mass is 525 g/mol. The van der Waals surface area contributed by atoms with E-state index < -0.39 is 31.7 Å². The summed E-state index contributed by atoms with van der Waals surface area (Å²) in [5.41, 5.74) is 1.14. The van der Waals surface area contributed by atoms with Crippen molar-refractivity contribution in [1.82, 2.24) is 4.57 Å². The molecule has 1 amide bonds. The Bertz CT molecular complexity index is 1490. The normalized spacial score (nSPS) is 12.7. The maximum absolute atomic E-state index is 12.5. The van der Waals surface area contributed by atoms with Gasteiger partial charge in [0.05, 0.1) is 33.7 Å². The molecule has 3 aromatic rings. The van der Waals surface area contributed by atoms with Gasteiger partial charge in [0, 0.05) is 6.42 Å². The number of aromatic nitrogens is 1. The third-order valence-corrected chi connectivity index (χ3v) is 8.43. The Balaban J connectivity index is 1.81. The first-order valence-electron chi connectivity index (χ1n) is 10.0. The summed E-state index contributed by atoms with van der Waals surface area (Å²) in [6, 6.07) is 12.9. The number of nitrogens with zero attached hydrogens (tertiary/aromatic N) is 2. The highest BCUT2D eigenvalue weighted by molar-refractivity contribution is 7.90. The molecule has 0 aliphatic heterocycles. The van der Waals surface area contributed by atoms with Crippen LogP contribution in [0.2, 0.25) is 0 Å². The average molecular weight is 526 g/mol. The molecule has 3 rings (SSSR count). The lowest BCUT2D eigenvalue weighted by Crippen LogP contribution is -2.22. The first-order chi connectivity index (χ1) is 16.0. The van der Waals surface area contributed by atoms with Crippen molar-refractivity contribution in [1.29, 1.82) is 0 Å². The van der Waals surface area contributed by atoms with Gasteiger partial charge in [-0.25, -0.2) is 22.0 Å². The summed E-state index contributed by atoms with van der Waals surface area (Å²) < 4.78 is 54.5. The molecule has 10 nitrogen and oxygen atoms in total. The molecule has 0 aliphatic carbocycles. The molecule has 2 aromatic carbocycles. The number of benzene rings is 2. The van der Waals surface area contributed by atoms with Crippen LogP contribution in [0.15, 0.2) is 58.4 Å². The summed E-state index contributed by atoms with van der Waals surface area (Å²) in [7, 11) is -6.13. The molecule has 0 aliphatic rings. The maximum atomic E-state index is 12.5. The standard InChI is InChI=1S/C21H23N3O7S3/c1-31-20(26)13-24-17-10-9-16(34(22,29)30)12-18(17)32-21(24)23-19(25)8-5-11-33(27,28)14-15-6-3-2-4-7-15/h2-4,6-7,9-10,12H,5,8,11,13-14H2,1H3,(H2,22,29,30). The minimum atomic E-state index is -3.95. The Labute approximate surface area is 200 Å². The molecule has 182 valence electrons. The van der Waals surface area contributed by atoms with Gasteiger partial charge in [0.15, 0.2) is 14.6 Å². The zero-order valence-electron chi connectivity index (χ0n) is 18.2. The SMILES string of the molecule is COC(=O)Cn1c(=NC(=O)CCCS(=O)(=O)Cc2ccccc2)sc2cc(S(N)(=O)=O)ccc21. The number of carbonyl (C=O) groups excluding carboxylic acids is 2. The zero-order chi connectivity index (χ0) is 24.9. The molecule has 1 aromatic heterocycles. The molecule has 0 atom stereocenters. The van der Waals surface area contributed by atoms with Crippen molar-refractivity contribution in [2.75, 3.05) is 12.9 Å². The van der Waals surface area contributed by atoms with Crippen LogP contribution >= 0.6 is 11.3 Å². The van der Waals surface area contributed by atoms with Crippen molar-refractivity contribution in [2.45, 2.75) is 30.0 Å². The summed E-state index contributed by atoms with van der Waals surface area (Å²) in [6.07, 6.45) is -0.0160. The van der Waals surface area contributed by atoms with Crippen molar-refractivity contribution in [2.24, 2.45) is 10.1 Å². The lowest BCUT2D eigenvalue weighted by atomic mass is 10.2. The molecule has 13 heteroatoms. The molecule has 0 radical (unpaired) electrons. The molecular weight excluding hydrogens is 502 g/mol. The van der Waals surface area contributed by atoms with E-state index in [4.69, 9.17) is 9.88 Å². The van der Waals surface area contributed by atoms with Gasteiger partial charge in [-0.2, -0.15) is 4.99 Å². The number of ether oxygens (including phenoxy) is 1. The summed E-state index contributed by atoms with van der Waals surface area (Å²) in [5.74, 6) is -1.43. The number of primary sulfonamides is 1. The summed E-state index contributed by atoms with van der Waals surface area (Å²) in [5, 5.41) is 5.18. The third-order valence-electron chi connectivity index (χ3n) is 4.79. The Morgan fingerprint density at radius 3 is 2.44 bits per heavy atom. The molecule has 0 spiro atoms. The van der Waals surface area contributed by atoms with Gasteiger partial charge in [-0.3, -0.25) is 9.59 Å². The number of methoxy groups -OCH3 is 1. The van der Waals surface area contributed by atoms with Crippen LogP contribution in [0.1, 0.15) is 18.4 Å². The van der Waals surface area contributed by atoms with Crippen LogP contribution in [-0.4, -0.2) is 46.1 Å². The largest absolute Gasteiger partial charge is 0.468 e. The van der Waals surface area contributed by atoms with Crippen molar-refractivity contribution < 1.29 is 31.2 Å². The van der Waals surface area contributed by atoms with Gasteiger partial charge in [0.25, 0.3) is 0 Å². The highest BCUT2D eigenvalue weighted by Gasteiger charge is 2.16. The Morgan fingerprint density at radius 2 is 1.79 bits per heavy atom. The van der Waals surface area contributed by atoms with Gasteiger partial charge in [-0.15, -0.1) is 0 Å². The number of sulfonamides is 1. The van der Waals surface area contributed by atoms with Crippen LogP contribution in [-0.2, 0) is 46.5 Å². The summed E-state index contributed by atoms with van der Waals surface area (Å²) in [6.45, 7) is -0.247. The molecule has 0 saturated heterocycles. The number of nitrogens with two attached hydrogens (primary N) is 1. The highest BCUT2D eigenvalue weighted by Crippen LogP contribution is 2.21. The van der Waals surface area contributed by atoms with Gasteiger partial charge >= 0.3 is 5.97 Å². The van der Waals surface area contributed by atoms with E-state index in [1.54, 1.807) is 30.3 Å². The second-order valence-electron chi connectivity index (χ2n) is 7.41. The van der Waals surface area contributed by atoms with Crippen LogP contribution in [0.3, 0.4) is 0 Å². The number of thiazole rings is 1. The number of hydrogen-bond acceptors (Lipinski definition) is 8. The second kappa shape index (κ2) is 10.6. The Hall–Kier alpha value is -2.87. The number of sulfone groups is 1. The van der Waals surface area contributed by atoms with Crippen LogP contribution in [0.25, 0.3) is 10.2 Å². The first kappa shape index (κ1) is 25.7. The van der Waals surface area contributed by atoms with Crippen LogP contribution in [0, 0.1) is 0 Å². The molecule has 2 N–H and O–H groups in total. The second-order valence-corrected chi connectivity index (χ2v) is 12.2. The molecule has 1 heterocycles. The number of hydrogen-bond donors (Lipinski definition) is 1. The van der Waals surface area contributed by atoms with E-state index in [2.05, 4.69) is 4.99 Å². The predicted molar refractivity (Wildman–Crippen MR) is 127 cm³/mol. The lowest BCUT2D eigenvalue weighted by Gasteiger charge is -2.05. The van der Waals surface area contributed by atoms with Crippen molar-refractivity contribution >= 4 is 53.3 Å². The molecule has 0 saturated carbocycles. The predicted octanol–water partition coefficient (Wildman–Crippen LogP) is 1.35. The fraction of sp³-hybridized carbons (Fsp3) is 0.286. The molecule has 0 fully saturated rings. The van der Waals surface area contributed by atoms with E-state index in [1.165, 1.54) is 29.9 Å². The number of esters is 1. The van der Waals surface area contributed by atoms with E-state index in [1.807, 2.05) is 0 Å². The molecule has 34 heavy (non-hydrogen) atoms. The smallest absolute Gasteiger partial charge is 0.325 e. The lowest BCUT2D eigenvalue weighted by molar-refractivity contribution is -0.141. The van der Waals surface area contributed by atoms with E-state index in [-0.39, 0.29) is 40.6 Å². The molecular formula is C21H23N3O7S3. The maximum Gasteiger partial charge on any atom is 0.325 e. The van der Waals surface area contributed by atoms with E-state index in [0.29, 0.717) is 15.8 Å². The average Bonchev–Trinajstić information content (AvgIpc) is 3.09. The molecule has 0 unspecified atom stereocenters. The van der Waals surface area contributed by atoms with E-state index in [9.17, 15) is 26.4 Å². The van der Waals surface area contributed by atoms with Crippen molar-refractivity contribution in [3.05, 3.63) is 58.9 Å². The fourth-order valence-electron chi connectivity index (χ4n) is 3.17. The third kappa shape index (κ3) is 6.82. The van der Waals surface area contributed by atoms with Gasteiger partial charge in [0.2, 0.25) is 15.9 Å². The van der Waals surface area contributed by atoms with Crippen LogP contribution < -0.4 is 9.94 Å². The Morgan fingerprint density at radius 1 is 1.09 bits per heavy atom. The molecule has 0 bridgehead atoms. The number of amides is 1. The van der Waals surface area contributed by atoms with Crippen molar-refractivity contribution in [3.8, 4) is 0 Å². The fourth-order valence-corrected chi connectivity index (χ4v) is 6.30.